The third-order valence-electron chi connectivity index (χ3n) is 4.17. The van der Waals surface area contributed by atoms with Crippen molar-refractivity contribution in [3.05, 3.63) is 33.3 Å². The van der Waals surface area contributed by atoms with Crippen LogP contribution in [0.1, 0.15) is 56.0 Å². The van der Waals surface area contributed by atoms with Gasteiger partial charge in [0.1, 0.15) is 5.78 Å². The molecule has 0 heterocycles. The van der Waals surface area contributed by atoms with Gasteiger partial charge in [-0.15, -0.1) is 0 Å². The van der Waals surface area contributed by atoms with Gasteiger partial charge in [0.25, 0.3) is 0 Å². The lowest BCUT2D eigenvalue weighted by molar-refractivity contribution is -0.117. The molecule has 0 amide bonds. The zero-order valence-corrected chi connectivity index (χ0v) is 14.1. The molecule has 1 aliphatic carbocycles. The minimum atomic E-state index is -0.503. The fourth-order valence-corrected chi connectivity index (χ4v) is 3.79. The summed E-state index contributed by atoms with van der Waals surface area (Å²) in [5, 5.41) is 0.767. The number of carbonyl (C=O) groups is 2. The maximum Gasteiger partial charge on any atom is 0.171 e. The number of fused-ring (bicyclic) bond motifs is 1. The van der Waals surface area contributed by atoms with Crippen molar-refractivity contribution in [2.45, 2.75) is 46.5 Å². The van der Waals surface area contributed by atoms with Crippen molar-refractivity contribution >= 4 is 34.8 Å². The number of halogens is 2. The molecule has 1 aromatic rings. The van der Waals surface area contributed by atoms with Crippen LogP contribution in [0.5, 0.6) is 0 Å². The maximum absolute atomic E-state index is 13.0. The Morgan fingerprint density at radius 1 is 1.33 bits per heavy atom. The Morgan fingerprint density at radius 3 is 2.57 bits per heavy atom. The van der Waals surface area contributed by atoms with E-state index in [4.69, 9.17) is 23.2 Å². The summed E-state index contributed by atoms with van der Waals surface area (Å²) < 4.78 is 0. The second kappa shape index (κ2) is 6.10. The molecule has 1 aliphatic rings. The first-order valence-electron chi connectivity index (χ1n) is 7.28. The van der Waals surface area contributed by atoms with Crippen LogP contribution >= 0.6 is 23.2 Å². The van der Waals surface area contributed by atoms with E-state index in [9.17, 15) is 9.59 Å². The topological polar surface area (TPSA) is 34.1 Å². The predicted molar refractivity (Wildman–Crippen MR) is 86.3 cm³/mol. The quantitative estimate of drug-likeness (QED) is 0.751. The number of rotatable bonds is 5. The van der Waals surface area contributed by atoms with Gasteiger partial charge in [-0.1, -0.05) is 43.1 Å². The van der Waals surface area contributed by atoms with E-state index in [1.807, 2.05) is 6.07 Å². The Hall–Kier alpha value is -0.860. The van der Waals surface area contributed by atoms with Gasteiger partial charge in [-0.3, -0.25) is 4.79 Å². The number of hydrogen-bond acceptors (Lipinski definition) is 2. The smallest absolute Gasteiger partial charge is 0.171 e. The number of hydrogen-bond donors (Lipinski definition) is 0. The minimum Gasteiger partial charge on any atom is -0.300 e. The molecule has 0 fully saturated rings. The first kappa shape index (κ1) is 16.5. The Labute approximate surface area is 135 Å². The SMILES string of the molecule is CC(=O)CCC1(CC(C)C)Cc2ccc(Cl)c(Cl)c2C1=O. The van der Waals surface area contributed by atoms with Crippen LogP contribution in [-0.4, -0.2) is 11.6 Å². The van der Waals surface area contributed by atoms with Crippen LogP contribution in [0.15, 0.2) is 12.1 Å². The fourth-order valence-electron chi connectivity index (χ4n) is 3.36. The summed E-state index contributed by atoms with van der Waals surface area (Å²) in [6, 6.07) is 3.63. The van der Waals surface area contributed by atoms with Crippen LogP contribution in [0.25, 0.3) is 0 Å². The van der Waals surface area contributed by atoms with Crippen LogP contribution < -0.4 is 0 Å². The van der Waals surface area contributed by atoms with Gasteiger partial charge < -0.3 is 4.79 Å². The molecule has 0 spiro atoms. The van der Waals surface area contributed by atoms with E-state index in [1.54, 1.807) is 13.0 Å². The highest BCUT2D eigenvalue weighted by Crippen LogP contribution is 2.48. The first-order chi connectivity index (χ1) is 9.77. The summed E-state index contributed by atoms with van der Waals surface area (Å²) in [5.41, 5.74) is 1.02. The van der Waals surface area contributed by atoms with Gasteiger partial charge in [-0.2, -0.15) is 0 Å². The molecule has 114 valence electrons. The molecule has 0 aliphatic heterocycles. The normalized spacial score (nSPS) is 21.0. The van der Waals surface area contributed by atoms with E-state index in [2.05, 4.69) is 13.8 Å². The van der Waals surface area contributed by atoms with Crippen molar-refractivity contribution in [2.24, 2.45) is 11.3 Å². The Kier molecular flexibility index (Phi) is 4.79. The third kappa shape index (κ3) is 3.17. The van der Waals surface area contributed by atoms with Crippen LogP contribution in [0.4, 0.5) is 0 Å². The van der Waals surface area contributed by atoms with E-state index < -0.39 is 5.41 Å². The van der Waals surface area contributed by atoms with E-state index >= 15 is 0 Å². The molecule has 0 saturated carbocycles. The van der Waals surface area contributed by atoms with Crippen LogP contribution in [-0.2, 0) is 11.2 Å². The molecular formula is C17H20Cl2O2. The van der Waals surface area contributed by atoms with Gasteiger partial charge in [0.05, 0.1) is 10.0 Å². The first-order valence-corrected chi connectivity index (χ1v) is 8.03. The van der Waals surface area contributed by atoms with Gasteiger partial charge >= 0.3 is 0 Å². The summed E-state index contributed by atoms with van der Waals surface area (Å²) in [6.07, 6.45) is 2.44. The van der Waals surface area contributed by atoms with Crippen molar-refractivity contribution in [1.82, 2.24) is 0 Å². The van der Waals surface area contributed by atoms with Crippen molar-refractivity contribution in [3.63, 3.8) is 0 Å². The third-order valence-corrected chi connectivity index (χ3v) is 4.98. The maximum atomic E-state index is 13.0. The van der Waals surface area contributed by atoms with Crippen molar-refractivity contribution in [2.75, 3.05) is 0 Å². The summed E-state index contributed by atoms with van der Waals surface area (Å²) in [7, 11) is 0. The second-order valence-electron chi connectivity index (χ2n) is 6.48. The molecule has 0 bridgehead atoms. The molecule has 2 rings (SSSR count). The minimum absolute atomic E-state index is 0.0555. The molecule has 0 saturated heterocycles. The Morgan fingerprint density at radius 2 is 2.00 bits per heavy atom. The molecule has 2 nitrogen and oxygen atoms in total. The monoisotopic (exact) mass is 326 g/mol. The molecule has 1 atom stereocenters. The largest absolute Gasteiger partial charge is 0.300 e. The van der Waals surface area contributed by atoms with E-state index in [0.29, 0.717) is 40.8 Å². The highest BCUT2D eigenvalue weighted by molar-refractivity contribution is 6.44. The standard InChI is InChI=1S/C17H20Cl2O2/c1-10(2)8-17(7-6-11(3)20)9-12-4-5-13(18)15(19)14(12)16(17)21/h4-5,10H,6-9H2,1-3H3. The average Bonchev–Trinajstić information content (AvgIpc) is 2.65. The predicted octanol–water partition coefficient (Wildman–Crippen LogP) is 5.13. The highest BCUT2D eigenvalue weighted by atomic mass is 35.5. The number of ketones is 2. The van der Waals surface area contributed by atoms with E-state index in [-0.39, 0.29) is 11.6 Å². The highest BCUT2D eigenvalue weighted by Gasteiger charge is 2.46. The molecule has 0 N–H and O–H groups in total. The van der Waals surface area contributed by atoms with Crippen molar-refractivity contribution < 1.29 is 9.59 Å². The number of Topliss-reactive ketones (excluding diaryl/α,β-unsaturated/α-hetero) is 2. The van der Waals surface area contributed by atoms with Crippen LogP contribution in [0, 0.1) is 11.3 Å². The lowest BCUT2D eigenvalue weighted by atomic mass is 9.73. The molecule has 21 heavy (non-hydrogen) atoms. The fraction of sp³-hybridized carbons (Fsp3) is 0.529. The van der Waals surface area contributed by atoms with Gasteiger partial charge in [0.15, 0.2) is 5.78 Å². The lowest BCUT2D eigenvalue weighted by Gasteiger charge is -2.29. The second-order valence-corrected chi connectivity index (χ2v) is 7.27. The van der Waals surface area contributed by atoms with Gasteiger partial charge in [-0.05, 0) is 43.7 Å². The molecule has 1 aromatic carbocycles. The van der Waals surface area contributed by atoms with Gasteiger partial charge in [0.2, 0.25) is 0 Å². The van der Waals surface area contributed by atoms with E-state index in [0.717, 1.165) is 12.0 Å². The van der Waals surface area contributed by atoms with Gasteiger partial charge in [0, 0.05) is 17.4 Å². The average molecular weight is 327 g/mol. The number of benzene rings is 1. The summed E-state index contributed by atoms with van der Waals surface area (Å²) in [5.74, 6) is 0.551. The lowest BCUT2D eigenvalue weighted by Crippen LogP contribution is -2.30. The Balaban J connectivity index is 2.43. The van der Waals surface area contributed by atoms with Crippen LogP contribution in [0.2, 0.25) is 10.0 Å². The summed E-state index contributed by atoms with van der Waals surface area (Å²) >= 11 is 12.3. The van der Waals surface area contributed by atoms with Crippen molar-refractivity contribution in [1.29, 1.82) is 0 Å². The molecule has 0 radical (unpaired) electrons. The number of carbonyl (C=O) groups excluding carboxylic acids is 2. The van der Waals surface area contributed by atoms with Gasteiger partial charge in [-0.25, -0.2) is 0 Å². The molecular weight excluding hydrogens is 307 g/mol. The Bertz CT molecular complexity index is 593. The summed E-state index contributed by atoms with van der Waals surface area (Å²) in [4.78, 5) is 24.4. The zero-order valence-electron chi connectivity index (χ0n) is 12.6. The van der Waals surface area contributed by atoms with Crippen LogP contribution in [0.3, 0.4) is 0 Å². The zero-order chi connectivity index (χ0) is 15.8. The van der Waals surface area contributed by atoms with Crippen molar-refractivity contribution in [3.8, 4) is 0 Å². The van der Waals surface area contributed by atoms with E-state index in [1.165, 1.54) is 0 Å². The molecule has 0 aromatic heterocycles. The molecule has 4 heteroatoms. The molecule has 1 unspecified atom stereocenters. The summed E-state index contributed by atoms with van der Waals surface area (Å²) in [6.45, 7) is 5.76.